The largest absolute Gasteiger partial charge is 0.355 e. The van der Waals surface area contributed by atoms with Gasteiger partial charge in [-0.1, -0.05) is 26.2 Å². The minimum Gasteiger partial charge on any atom is -0.355 e. The van der Waals surface area contributed by atoms with Crippen molar-refractivity contribution < 1.29 is 9.59 Å². The van der Waals surface area contributed by atoms with Crippen LogP contribution < -0.4 is 16.0 Å². The monoisotopic (exact) mass is 323 g/mol. The second-order valence-corrected chi connectivity index (χ2v) is 7.79. The van der Waals surface area contributed by atoms with Crippen molar-refractivity contribution in [1.82, 2.24) is 16.0 Å². The van der Waals surface area contributed by atoms with Crippen LogP contribution in [0.25, 0.3) is 0 Å². The molecule has 1 aliphatic carbocycles. The molecule has 1 saturated heterocycles. The summed E-state index contributed by atoms with van der Waals surface area (Å²) >= 11 is 0. The number of carbonyl (C=O) groups excluding carboxylic acids is 2. The topological polar surface area (TPSA) is 70.2 Å². The zero-order valence-corrected chi connectivity index (χ0v) is 14.7. The van der Waals surface area contributed by atoms with Crippen LogP contribution in [0.15, 0.2) is 0 Å². The molecule has 1 atom stereocenters. The lowest BCUT2D eigenvalue weighted by atomic mass is 9.81. The number of rotatable bonds is 6. The van der Waals surface area contributed by atoms with E-state index in [1.165, 1.54) is 6.42 Å². The predicted octanol–water partition coefficient (Wildman–Crippen LogP) is 1.97. The molecule has 0 aromatic rings. The SMILES string of the molecule is CC(CC(=O)NCC1(C)CCNCC1)NC(=O)C1CCCCC1. The molecule has 0 bridgehead atoms. The number of amides is 2. The van der Waals surface area contributed by atoms with E-state index in [9.17, 15) is 9.59 Å². The average molecular weight is 323 g/mol. The zero-order valence-electron chi connectivity index (χ0n) is 14.7. The third-order valence-corrected chi connectivity index (χ3v) is 5.38. The minimum atomic E-state index is -0.0924. The maximum absolute atomic E-state index is 12.2. The molecular formula is C18H33N3O2. The van der Waals surface area contributed by atoms with E-state index >= 15 is 0 Å². The molecule has 3 N–H and O–H groups in total. The summed E-state index contributed by atoms with van der Waals surface area (Å²) in [5, 5.41) is 9.43. The first-order chi connectivity index (χ1) is 11.0. The van der Waals surface area contributed by atoms with E-state index in [-0.39, 0.29) is 29.2 Å². The lowest BCUT2D eigenvalue weighted by molar-refractivity contribution is -0.127. The Morgan fingerprint density at radius 1 is 1.17 bits per heavy atom. The summed E-state index contributed by atoms with van der Waals surface area (Å²) in [6, 6.07) is -0.0924. The molecule has 2 rings (SSSR count). The maximum atomic E-state index is 12.2. The van der Waals surface area contributed by atoms with E-state index in [1.54, 1.807) is 0 Å². The van der Waals surface area contributed by atoms with Crippen LogP contribution in [0.5, 0.6) is 0 Å². The van der Waals surface area contributed by atoms with E-state index in [0.29, 0.717) is 6.42 Å². The van der Waals surface area contributed by atoms with Crippen molar-refractivity contribution in [3.8, 4) is 0 Å². The number of piperidine rings is 1. The van der Waals surface area contributed by atoms with Gasteiger partial charge in [-0.15, -0.1) is 0 Å². The molecule has 1 heterocycles. The van der Waals surface area contributed by atoms with Gasteiger partial charge in [0.15, 0.2) is 0 Å². The Morgan fingerprint density at radius 3 is 2.48 bits per heavy atom. The quantitative estimate of drug-likeness (QED) is 0.700. The molecule has 23 heavy (non-hydrogen) atoms. The first kappa shape index (κ1) is 18.2. The first-order valence-electron chi connectivity index (χ1n) is 9.26. The van der Waals surface area contributed by atoms with Crippen LogP contribution in [0.4, 0.5) is 0 Å². The van der Waals surface area contributed by atoms with Gasteiger partial charge in [-0.05, 0) is 51.1 Å². The van der Waals surface area contributed by atoms with Crippen LogP contribution in [0, 0.1) is 11.3 Å². The van der Waals surface area contributed by atoms with Crippen molar-refractivity contribution in [2.24, 2.45) is 11.3 Å². The fourth-order valence-electron chi connectivity index (χ4n) is 3.65. The van der Waals surface area contributed by atoms with Crippen molar-refractivity contribution in [3.05, 3.63) is 0 Å². The lowest BCUT2D eigenvalue weighted by Gasteiger charge is -2.34. The van der Waals surface area contributed by atoms with Gasteiger partial charge in [-0.3, -0.25) is 9.59 Å². The number of hydrogen-bond acceptors (Lipinski definition) is 3. The molecule has 132 valence electrons. The van der Waals surface area contributed by atoms with Crippen LogP contribution in [0.2, 0.25) is 0 Å². The van der Waals surface area contributed by atoms with E-state index in [4.69, 9.17) is 0 Å². The molecule has 1 saturated carbocycles. The first-order valence-corrected chi connectivity index (χ1v) is 9.26. The molecular weight excluding hydrogens is 290 g/mol. The molecule has 0 aromatic carbocycles. The highest BCUT2D eigenvalue weighted by Crippen LogP contribution is 2.26. The highest BCUT2D eigenvalue weighted by molar-refractivity contribution is 5.81. The third-order valence-electron chi connectivity index (χ3n) is 5.38. The van der Waals surface area contributed by atoms with Gasteiger partial charge in [0.05, 0.1) is 0 Å². The standard InChI is InChI=1S/C18H33N3O2/c1-14(21-17(23)15-6-4-3-5-7-15)12-16(22)20-13-18(2)8-10-19-11-9-18/h14-15,19H,3-13H2,1-2H3,(H,20,22)(H,21,23). The highest BCUT2D eigenvalue weighted by atomic mass is 16.2. The second-order valence-electron chi connectivity index (χ2n) is 7.79. The summed E-state index contributed by atoms with van der Waals surface area (Å²) in [6.45, 7) is 6.95. The Hall–Kier alpha value is -1.10. The molecule has 1 unspecified atom stereocenters. The Bertz CT molecular complexity index is 399. The van der Waals surface area contributed by atoms with E-state index in [1.807, 2.05) is 6.92 Å². The van der Waals surface area contributed by atoms with Crippen molar-refractivity contribution in [3.63, 3.8) is 0 Å². The fraction of sp³-hybridized carbons (Fsp3) is 0.889. The van der Waals surface area contributed by atoms with Crippen molar-refractivity contribution >= 4 is 11.8 Å². The molecule has 2 fully saturated rings. The lowest BCUT2D eigenvalue weighted by Crippen LogP contribution is -2.45. The summed E-state index contributed by atoms with van der Waals surface area (Å²) in [6.07, 6.45) is 8.11. The van der Waals surface area contributed by atoms with Crippen LogP contribution >= 0.6 is 0 Å². The Morgan fingerprint density at radius 2 is 1.83 bits per heavy atom. The predicted molar refractivity (Wildman–Crippen MR) is 92.0 cm³/mol. The van der Waals surface area contributed by atoms with Crippen LogP contribution in [0.1, 0.15) is 65.2 Å². The van der Waals surface area contributed by atoms with Gasteiger partial charge in [0, 0.05) is 24.9 Å². The molecule has 2 aliphatic rings. The van der Waals surface area contributed by atoms with Gasteiger partial charge in [-0.25, -0.2) is 0 Å². The Kier molecular flexibility index (Phi) is 6.88. The maximum Gasteiger partial charge on any atom is 0.223 e. The van der Waals surface area contributed by atoms with Gasteiger partial charge in [-0.2, -0.15) is 0 Å². The summed E-state index contributed by atoms with van der Waals surface area (Å²) in [5.41, 5.74) is 0.204. The molecule has 0 radical (unpaired) electrons. The molecule has 2 amide bonds. The molecule has 5 heteroatoms. The third kappa shape index (κ3) is 6.13. The van der Waals surface area contributed by atoms with Crippen LogP contribution in [-0.4, -0.2) is 37.5 Å². The number of nitrogens with one attached hydrogen (secondary N) is 3. The average Bonchev–Trinajstić information content (AvgIpc) is 2.54. The molecule has 1 aliphatic heterocycles. The molecule has 0 spiro atoms. The van der Waals surface area contributed by atoms with E-state index in [0.717, 1.165) is 58.2 Å². The number of carbonyl (C=O) groups is 2. The zero-order chi connectivity index (χ0) is 16.7. The molecule has 0 aromatic heterocycles. The van der Waals surface area contributed by atoms with Gasteiger partial charge in [0.2, 0.25) is 11.8 Å². The minimum absolute atomic E-state index is 0.0428. The normalized spacial score (nSPS) is 23.0. The van der Waals surface area contributed by atoms with Gasteiger partial charge in [0.1, 0.15) is 0 Å². The van der Waals surface area contributed by atoms with Gasteiger partial charge < -0.3 is 16.0 Å². The van der Waals surface area contributed by atoms with E-state index < -0.39 is 0 Å². The summed E-state index contributed by atoms with van der Waals surface area (Å²) in [4.78, 5) is 24.3. The van der Waals surface area contributed by atoms with Crippen LogP contribution in [-0.2, 0) is 9.59 Å². The number of hydrogen-bond donors (Lipinski definition) is 3. The van der Waals surface area contributed by atoms with E-state index in [2.05, 4.69) is 22.9 Å². The smallest absolute Gasteiger partial charge is 0.223 e. The molecule has 5 nitrogen and oxygen atoms in total. The Labute approximate surface area is 140 Å². The fourth-order valence-corrected chi connectivity index (χ4v) is 3.65. The Balaban J connectivity index is 1.66. The summed E-state index contributed by atoms with van der Waals surface area (Å²) in [5.74, 6) is 0.333. The van der Waals surface area contributed by atoms with Crippen molar-refractivity contribution in [2.45, 2.75) is 71.3 Å². The van der Waals surface area contributed by atoms with Crippen molar-refractivity contribution in [2.75, 3.05) is 19.6 Å². The van der Waals surface area contributed by atoms with Crippen LogP contribution in [0.3, 0.4) is 0 Å². The van der Waals surface area contributed by atoms with Gasteiger partial charge >= 0.3 is 0 Å². The van der Waals surface area contributed by atoms with Gasteiger partial charge in [0.25, 0.3) is 0 Å². The summed E-state index contributed by atoms with van der Waals surface area (Å²) < 4.78 is 0. The summed E-state index contributed by atoms with van der Waals surface area (Å²) in [7, 11) is 0. The van der Waals surface area contributed by atoms with Crippen molar-refractivity contribution in [1.29, 1.82) is 0 Å². The second kappa shape index (κ2) is 8.67. The highest BCUT2D eigenvalue weighted by Gasteiger charge is 2.27.